The van der Waals surface area contributed by atoms with Crippen molar-refractivity contribution in [1.82, 2.24) is 25.0 Å². The van der Waals surface area contributed by atoms with Crippen LogP contribution in [0.1, 0.15) is 50.5 Å². The third kappa shape index (κ3) is 5.17. The van der Waals surface area contributed by atoms with Gasteiger partial charge in [-0.25, -0.2) is 4.68 Å². The van der Waals surface area contributed by atoms with E-state index in [-0.39, 0.29) is 5.92 Å². The van der Waals surface area contributed by atoms with E-state index in [1.54, 1.807) is 0 Å². The molecule has 1 aliphatic carbocycles. The fourth-order valence-corrected chi connectivity index (χ4v) is 5.17. The van der Waals surface area contributed by atoms with Gasteiger partial charge in [0.1, 0.15) is 0 Å². The molecule has 0 atom stereocenters. The molecule has 33 heavy (non-hydrogen) atoms. The summed E-state index contributed by atoms with van der Waals surface area (Å²) in [6.07, 6.45) is 13.7. The zero-order valence-electron chi connectivity index (χ0n) is 19.2. The first-order chi connectivity index (χ1) is 16.3. The van der Waals surface area contributed by atoms with Gasteiger partial charge in [0.05, 0.1) is 11.4 Å². The van der Waals surface area contributed by atoms with Crippen LogP contribution < -0.4 is 5.32 Å². The Kier molecular flexibility index (Phi) is 6.81. The molecule has 3 aromatic rings. The van der Waals surface area contributed by atoms with Crippen molar-refractivity contribution in [2.24, 2.45) is 5.92 Å². The number of pyridine rings is 1. The number of para-hydroxylation sites is 1. The average molecular weight is 444 g/mol. The van der Waals surface area contributed by atoms with Crippen LogP contribution in [-0.4, -0.2) is 44.7 Å². The normalized spacial score (nSPS) is 17.9. The van der Waals surface area contributed by atoms with Gasteiger partial charge in [0.2, 0.25) is 5.91 Å². The topological polar surface area (TPSA) is 63.1 Å². The van der Waals surface area contributed by atoms with E-state index in [9.17, 15) is 4.79 Å². The van der Waals surface area contributed by atoms with Crippen molar-refractivity contribution in [1.29, 1.82) is 0 Å². The van der Waals surface area contributed by atoms with E-state index in [1.807, 2.05) is 47.4 Å². The lowest BCUT2D eigenvalue weighted by Crippen LogP contribution is -2.46. The summed E-state index contributed by atoms with van der Waals surface area (Å²) >= 11 is 0. The summed E-state index contributed by atoms with van der Waals surface area (Å²) in [5, 5.41) is 8.64. The van der Waals surface area contributed by atoms with Gasteiger partial charge in [0, 0.05) is 61.3 Å². The molecule has 1 aliphatic heterocycles. The summed E-state index contributed by atoms with van der Waals surface area (Å²) in [5.41, 5.74) is 4.28. The number of nitrogens with zero attached hydrogens (tertiary/aromatic N) is 4. The molecule has 1 amide bonds. The summed E-state index contributed by atoms with van der Waals surface area (Å²) < 4.78 is 1.96. The standard InChI is InChI=1S/C27H33N5O/c33-27(22-7-3-1-4-8-22)31-17-13-24(14-18-31)29-19-23-20-32(25-9-5-2-6-10-25)30-26(23)21-11-15-28-16-12-21/h2,5-6,9-12,15-16,20,22,24,29H,1,3-4,7-8,13-14,17-19H2. The minimum atomic E-state index is 0.273. The largest absolute Gasteiger partial charge is 0.342 e. The van der Waals surface area contributed by atoms with E-state index >= 15 is 0 Å². The van der Waals surface area contributed by atoms with E-state index in [0.717, 1.165) is 62.3 Å². The quantitative estimate of drug-likeness (QED) is 0.605. The Labute approximate surface area is 196 Å². The van der Waals surface area contributed by atoms with Crippen LogP contribution in [0, 0.1) is 5.92 Å². The first kappa shape index (κ1) is 21.8. The first-order valence-corrected chi connectivity index (χ1v) is 12.3. The van der Waals surface area contributed by atoms with Crippen LogP contribution in [0.15, 0.2) is 61.1 Å². The predicted molar refractivity (Wildman–Crippen MR) is 130 cm³/mol. The third-order valence-corrected chi connectivity index (χ3v) is 7.11. The fourth-order valence-electron chi connectivity index (χ4n) is 5.17. The molecule has 0 radical (unpaired) electrons. The molecule has 1 aromatic carbocycles. The van der Waals surface area contributed by atoms with Crippen molar-refractivity contribution in [3.8, 4) is 16.9 Å². The number of carbonyl (C=O) groups is 1. The minimum absolute atomic E-state index is 0.273. The summed E-state index contributed by atoms with van der Waals surface area (Å²) in [6.45, 7) is 2.49. The second-order valence-corrected chi connectivity index (χ2v) is 9.33. The molecule has 2 fully saturated rings. The number of amides is 1. The molecule has 2 aliphatic rings. The van der Waals surface area contributed by atoms with Gasteiger partial charge in [0.15, 0.2) is 0 Å². The second kappa shape index (κ2) is 10.3. The molecule has 0 unspecified atom stereocenters. The number of hydrogen-bond acceptors (Lipinski definition) is 4. The third-order valence-electron chi connectivity index (χ3n) is 7.11. The molecule has 1 saturated heterocycles. The Morgan fingerprint density at radius 2 is 1.67 bits per heavy atom. The molecule has 3 heterocycles. The van der Waals surface area contributed by atoms with Crippen molar-refractivity contribution in [2.45, 2.75) is 57.5 Å². The minimum Gasteiger partial charge on any atom is -0.342 e. The summed E-state index contributed by atoms with van der Waals surface area (Å²) in [6, 6.07) is 14.7. The van der Waals surface area contributed by atoms with Gasteiger partial charge in [-0.1, -0.05) is 37.5 Å². The summed E-state index contributed by atoms with van der Waals surface area (Å²) in [4.78, 5) is 19.1. The molecule has 172 valence electrons. The van der Waals surface area contributed by atoms with Crippen molar-refractivity contribution in [2.75, 3.05) is 13.1 Å². The fraction of sp³-hybridized carbons (Fsp3) is 0.444. The van der Waals surface area contributed by atoms with E-state index in [1.165, 1.54) is 24.8 Å². The van der Waals surface area contributed by atoms with E-state index in [4.69, 9.17) is 5.10 Å². The maximum Gasteiger partial charge on any atom is 0.225 e. The molecule has 2 aromatic heterocycles. The monoisotopic (exact) mass is 443 g/mol. The number of piperidine rings is 1. The van der Waals surface area contributed by atoms with E-state index in [0.29, 0.717) is 11.9 Å². The molecule has 0 bridgehead atoms. The first-order valence-electron chi connectivity index (χ1n) is 12.3. The summed E-state index contributed by atoms with van der Waals surface area (Å²) in [5.74, 6) is 0.673. The molecule has 0 spiro atoms. The summed E-state index contributed by atoms with van der Waals surface area (Å²) in [7, 11) is 0. The Morgan fingerprint density at radius 1 is 0.939 bits per heavy atom. The predicted octanol–water partition coefficient (Wildman–Crippen LogP) is 4.60. The highest BCUT2D eigenvalue weighted by molar-refractivity contribution is 5.79. The number of nitrogens with one attached hydrogen (secondary N) is 1. The smallest absolute Gasteiger partial charge is 0.225 e. The molecule has 6 heteroatoms. The highest BCUT2D eigenvalue weighted by Gasteiger charge is 2.29. The van der Waals surface area contributed by atoms with Gasteiger partial charge in [0.25, 0.3) is 0 Å². The van der Waals surface area contributed by atoms with Crippen molar-refractivity contribution in [3.05, 3.63) is 66.6 Å². The van der Waals surface area contributed by atoms with Crippen molar-refractivity contribution >= 4 is 5.91 Å². The SMILES string of the molecule is O=C(C1CCCCC1)N1CCC(NCc2cn(-c3ccccc3)nc2-c2ccncc2)CC1. The number of hydrogen-bond donors (Lipinski definition) is 1. The molecular weight excluding hydrogens is 410 g/mol. The van der Waals surface area contributed by atoms with E-state index < -0.39 is 0 Å². The Bertz CT molecular complexity index is 1030. The number of benzene rings is 1. The molecule has 1 saturated carbocycles. The van der Waals surface area contributed by atoms with Crippen molar-refractivity contribution < 1.29 is 4.79 Å². The lowest BCUT2D eigenvalue weighted by Gasteiger charge is -2.35. The molecule has 5 rings (SSSR count). The Hall–Kier alpha value is -2.99. The van der Waals surface area contributed by atoms with Crippen LogP contribution in [0.4, 0.5) is 0 Å². The molecule has 1 N–H and O–H groups in total. The van der Waals surface area contributed by atoms with Crippen LogP contribution in [-0.2, 0) is 11.3 Å². The van der Waals surface area contributed by atoms with Crippen LogP contribution in [0.25, 0.3) is 16.9 Å². The van der Waals surface area contributed by atoms with Crippen LogP contribution >= 0.6 is 0 Å². The van der Waals surface area contributed by atoms with Crippen molar-refractivity contribution in [3.63, 3.8) is 0 Å². The molecular formula is C27H33N5O. The average Bonchev–Trinajstić information content (AvgIpc) is 3.33. The lowest BCUT2D eigenvalue weighted by atomic mass is 9.87. The lowest BCUT2D eigenvalue weighted by molar-refractivity contribution is -0.137. The maximum absolute atomic E-state index is 12.9. The van der Waals surface area contributed by atoms with E-state index in [2.05, 4.69) is 33.5 Å². The number of carbonyl (C=O) groups excluding carboxylic acids is 1. The molecule has 6 nitrogen and oxygen atoms in total. The Morgan fingerprint density at radius 3 is 2.39 bits per heavy atom. The highest BCUT2D eigenvalue weighted by atomic mass is 16.2. The van der Waals surface area contributed by atoms with Gasteiger partial charge in [-0.05, 0) is 49.9 Å². The number of likely N-dealkylation sites (tertiary alicyclic amines) is 1. The Balaban J connectivity index is 1.23. The van der Waals surface area contributed by atoms with Crippen LogP contribution in [0.3, 0.4) is 0 Å². The zero-order valence-corrected chi connectivity index (χ0v) is 19.2. The van der Waals surface area contributed by atoms with Gasteiger partial charge in [-0.3, -0.25) is 9.78 Å². The van der Waals surface area contributed by atoms with Crippen LogP contribution in [0.5, 0.6) is 0 Å². The van der Waals surface area contributed by atoms with Gasteiger partial charge >= 0.3 is 0 Å². The number of aromatic nitrogens is 3. The highest BCUT2D eigenvalue weighted by Crippen LogP contribution is 2.27. The number of rotatable bonds is 6. The van der Waals surface area contributed by atoms with Gasteiger partial charge in [-0.2, -0.15) is 5.10 Å². The zero-order chi connectivity index (χ0) is 22.5. The van der Waals surface area contributed by atoms with Crippen LogP contribution in [0.2, 0.25) is 0 Å². The van der Waals surface area contributed by atoms with Gasteiger partial charge in [-0.15, -0.1) is 0 Å². The maximum atomic E-state index is 12.9. The second-order valence-electron chi connectivity index (χ2n) is 9.33. The van der Waals surface area contributed by atoms with Gasteiger partial charge < -0.3 is 10.2 Å².